The van der Waals surface area contributed by atoms with Crippen LogP contribution in [0.25, 0.3) is 10.8 Å². The molecule has 0 radical (unpaired) electrons. The zero-order valence-electron chi connectivity index (χ0n) is 15.1. The van der Waals surface area contributed by atoms with Gasteiger partial charge < -0.3 is 20.1 Å². The molecule has 0 saturated carbocycles. The van der Waals surface area contributed by atoms with Crippen LogP contribution in [0.15, 0.2) is 60.7 Å². The van der Waals surface area contributed by atoms with E-state index in [2.05, 4.69) is 10.6 Å². The van der Waals surface area contributed by atoms with Crippen LogP contribution in [0.3, 0.4) is 0 Å². The van der Waals surface area contributed by atoms with Crippen LogP contribution in [-0.4, -0.2) is 32.6 Å². The smallest absolute Gasteiger partial charge is 0.262 e. The number of nitrogens with one attached hydrogen (secondary N) is 2. The molecule has 6 nitrogen and oxygen atoms in total. The van der Waals surface area contributed by atoms with Crippen molar-refractivity contribution in [2.24, 2.45) is 0 Å². The number of hydrogen-bond acceptors (Lipinski definition) is 4. The van der Waals surface area contributed by atoms with Gasteiger partial charge in [-0.3, -0.25) is 9.59 Å². The Labute approximate surface area is 157 Å². The van der Waals surface area contributed by atoms with Crippen molar-refractivity contribution in [1.29, 1.82) is 0 Å². The summed E-state index contributed by atoms with van der Waals surface area (Å²) >= 11 is 0. The largest absolute Gasteiger partial charge is 0.497 e. The Morgan fingerprint density at radius 2 is 1.67 bits per heavy atom. The van der Waals surface area contributed by atoms with Crippen molar-refractivity contribution in [1.82, 2.24) is 5.32 Å². The molecule has 0 atom stereocenters. The van der Waals surface area contributed by atoms with Crippen LogP contribution in [0, 0.1) is 0 Å². The Morgan fingerprint density at radius 3 is 2.41 bits per heavy atom. The third-order valence-electron chi connectivity index (χ3n) is 4.06. The molecule has 3 rings (SSSR count). The molecule has 0 aliphatic carbocycles. The second kappa shape index (κ2) is 8.23. The van der Waals surface area contributed by atoms with Gasteiger partial charge in [0.05, 0.1) is 18.4 Å². The third-order valence-corrected chi connectivity index (χ3v) is 4.06. The monoisotopic (exact) mass is 364 g/mol. The molecular formula is C21H20N2O4. The first-order chi connectivity index (χ1) is 13.1. The summed E-state index contributed by atoms with van der Waals surface area (Å²) in [6, 6.07) is 18.4. The average molecular weight is 364 g/mol. The summed E-state index contributed by atoms with van der Waals surface area (Å²) in [5.74, 6) is 0.447. The SMILES string of the molecule is CNC(=O)c1cc(OC)ccc1NC(=O)COc1ccc2ccccc2c1. The normalized spacial score (nSPS) is 10.3. The van der Waals surface area contributed by atoms with Crippen LogP contribution in [0.1, 0.15) is 10.4 Å². The topological polar surface area (TPSA) is 76.7 Å². The lowest BCUT2D eigenvalue weighted by Crippen LogP contribution is -2.24. The summed E-state index contributed by atoms with van der Waals surface area (Å²) < 4.78 is 10.7. The second-order valence-corrected chi connectivity index (χ2v) is 5.84. The Balaban J connectivity index is 1.69. The number of ether oxygens (including phenoxy) is 2. The maximum Gasteiger partial charge on any atom is 0.262 e. The quantitative estimate of drug-likeness (QED) is 0.704. The molecule has 6 heteroatoms. The molecule has 0 unspecified atom stereocenters. The van der Waals surface area contributed by atoms with E-state index >= 15 is 0 Å². The van der Waals surface area contributed by atoms with E-state index in [1.54, 1.807) is 18.2 Å². The highest BCUT2D eigenvalue weighted by molar-refractivity contribution is 6.04. The maximum atomic E-state index is 12.3. The number of anilines is 1. The molecule has 0 aliphatic heterocycles. The van der Waals surface area contributed by atoms with Crippen LogP contribution < -0.4 is 20.1 Å². The summed E-state index contributed by atoms with van der Waals surface area (Å²) in [4.78, 5) is 24.3. The molecule has 2 amide bonds. The van der Waals surface area contributed by atoms with Gasteiger partial charge in [0.2, 0.25) is 0 Å². The molecule has 3 aromatic rings. The van der Waals surface area contributed by atoms with E-state index in [9.17, 15) is 9.59 Å². The molecule has 0 spiro atoms. The van der Waals surface area contributed by atoms with E-state index in [0.29, 0.717) is 22.7 Å². The van der Waals surface area contributed by atoms with Gasteiger partial charge in [0, 0.05) is 7.05 Å². The first-order valence-corrected chi connectivity index (χ1v) is 8.42. The molecule has 138 valence electrons. The molecule has 0 fully saturated rings. The Morgan fingerprint density at radius 1 is 0.926 bits per heavy atom. The van der Waals surface area contributed by atoms with Gasteiger partial charge in [-0.15, -0.1) is 0 Å². The van der Waals surface area contributed by atoms with Gasteiger partial charge >= 0.3 is 0 Å². The Bertz CT molecular complexity index is 985. The fourth-order valence-corrected chi connectivity index (χ4v) is 2.67. The van der Waals surface area contributed by atoms with Gasteiger partial charge in [0.1, 0.15) is 11.5 Å². The van der Waals surface area contributed by atoms with Crippen molar-refractivity contribution in [2.45, 2.75) is 0 Å². The van der Waals surface area contributed by atoms with Crippen LogP contribution >= 0.6 is 0 Å². The predicted octanol–water partition coefficient (Wildman–Crippen LogP) is 3.23. The standard InChI is InChI=1S/C21H20N2O4/c1-22-21(25)18-12-16(26-2)9-10-19(18)23-20(24)13-27-17-8-7-14-5-3-4-6-15(14)11-17/h3-12H,13H2,1-2H3,(H,22,25)(H,23,24). The van der Waals surface area contributed by atoms with Crippen molar-refractivity contribution in [2.75, 3.05) is 26.1 Å². The van der Waals surface area contributed by atoms with Crippen LogP contribution in [0.5, 0.6) is 11.5 Å². The highest BCUT2D eigenvalue weighted by atomic mass is 16.5. The number of hydrogen-bond donors (Lipinski definition) is 2. The summed E-state index contributed by atoms with van der Waals surface area (Å²) in [6.45, 7) is -0.169. The fraction of sp³-hybridized carbons (Fsp3) is 0.143. The molecule has 0 saturated heterocycles. The fourth-order valence-electron chi connectivity index (χ4n) is 2.67. The van der Waals surface area contributed by atoms with Crippen molar-refractivity contribution in [3.05, 3.63) is 66.2 Å². The molecule has 0 heterocycles. The van der Waals surface area contributed by atoms with E-state index in [1.165, 1.54) is 14.2 Å². The molecule has 0 bridgehead atoms. The summed E-state index contributed by atoms with van der Waals surface area (Å²) in [7, 11) is 3.04. The van der Waals surface area contributed by atoms with Gasteiger partial charge in [0.15, 0.2) is 6.61 Å². The van der Waals surface area contributed by atoms with E-state index in [4.69, 9.17) is 9.47 Å². The van der Waals surface area contributed by atoms with E-state index in [0.717, 1.165) is 10.8 Å². The Kier molecular flexibility index (Phi) is 5.56. The van der Waals surface area contributed by atoms with Gasteiger partial charge in [-0.1, -0.05) is 30.3 Å². The highest BCUT2D eigenvalue weighted by Crippen LogP contribution is 2.23. The molecule has 2 N–H and O–H groups in total. The van der Waals surface area contributed by atoms with Crippen LogP contribution in [0.2, 0.25) is 0 Å². The summed E-state index contributed by atoms with van der Waals surface area (Å²) in [6.07, 6.45) is 0. The Hall–Kier alpha value is -3.54. The second-order valence-electron chi connectivity index (χ2n) is 5.84. The minimum atomic E-state index is -0.363. The number of benzene rings is 3. The minimum absolute atomic E-state index is 0.169. The third kappa shape index (κ3) is 4.36. The lowest BCUT2D eigenvalue weighted by atomic mass is 10.1. The van der Waals surface area contributed by atoms with Crippen molar-refractivity contribution < 1.29 is 19.1 Å². The number of carbonyl (C=O) groups is 2. The predicted molar refractivity (Wildman–Crippen MR) is 104 cm³/mol. The summed E-state index contributed by atoms with van der Waals surface area (Å²) in [5.41, 5.74) is 0.707. The maximum absolute atomic E-state index is 12.3. The molecular weight excluding hydrogens is 344 g/mol. The number of methoxy groups -OCH3 is 1. The van der Waals surface area contributed by atoms with Crippen molar-refractivity contribution in [3.63, 3.8) is 0 Å². The lowest BCUT2D eigenvalue weighted by molar-refractivity contribution is -0.118. The number of rotatable bonds is 6. The molecule has 0 aliphatic rings. The van der Waals surface area contributed by atoms with E-state index < -0.39 is 0 Å². The van der Waals surface area contributed by atoms with Crippen molar-refractivity contribution >= 4 is 28.3 Å². The number of carbonyl (C=O) groups excluding carboxylic acids is 2. The van der Waals surface area contributed by atoms with E-state index in [1.807, 2.05) is 42.5 Å². The molecule has 3 aromatic carbocycles. The summed E-state index contributed by atoms with van der Waals surface area (Å²) in [5, 5.41) is 7.38. The first kappa shape index (κ1) is 18.3. The van der Waals surface area contributed by atoms with Crippen LogP contribution in [0.4, 0.5) is 5.69 Å². The molecule has 27 heavy (non-hydrogen) atoms. The van der Waals surface area contributed by atoms with Crippen LogP contribution in [-0.2, 0) is 4.79 Å². The van der Waals surface area contributed by atoms with Crippen molar-refractivity contribution in [3.8, 4) is 11.5 Å². The zero-order chi connectivity index (χ0) is 19.2. The van der Waals surface area contributed by atoms with Gasteiger partial charge in [-0.2, -0.15) is 0 Å². The highest BCUT2D eigenvalue weighted by Gasteiger charge is 2.14. The van der Waals surface area contributed by atoms with Gasteiger partial charge in [-0.25, -0.2) is 0 Å². The van der Waals surface area contributed by atoms with Gasteiger partial charge in [0.25, 0.3) is 11.8 Å². The number of fused-ring (bicyclic) bond motifs is 1. The lowest BCUT2D eigenvalue weighted by Gasteiger charge is -2.12. The number of amides is 2. The average Bonchev–Trinajstić information content (AvgIpc) is 2.71. The zero-order valence-corrected chi connectivity index (χ0v) is 15.1. The first-order valence-electron chi connectivity index (χ1n) is 8.42. The van der Waals surface area contributed by atoms with E-state index in [-0.39, 0.29) is 18.4 Å². The minimum Gasteiger partial charge on any atom is -0.497 e. The van der Waals surface area contributed by atoms with Gasteiger partial charge in [-0.05, 0) is 41.1 Å². The molecule has 0 aromatic heterocycles.